The lowest BCUT2D eigenvalue weighted by Gasteiger charge is -2.18. The second-order valence-corrected chi connectivity index (χ2v) is 4.83. The maximum atomic E-state index is 11.9. The third-order valence-corrected chi connectivity index (χ3v) is 3.64. The van der Waals surface area contributed by atoms with Gasteiger partial charge in [0.1, 0.15) is 6.26 Å². The van der Waals surface area contributed by atoms with Crippen LogP contribution in [0.4, 0.5) is 5.69 Å². The second-order valence-electron chi connectivity index (χ2n) is 4.46. The largest absolute Gasteiger partial charge is 0.364 e. The molecule has 5 nitrogen and oxygen atoms in total. The van der Waals surface area contributed by atoms with E-state index in [0.29, 0.717) is 10.7 Å². The summed E-state index contributed by atoms with van der Waals surface area (Å²) in [7, 11) is 0. The van der Waals surface area contributed by atoms with Crippen LogP contribution in [0.5, 0.6) is 0 Å². The smallest absolute Gasteiger partial charge is 0.277 e. The van der Waals surface area contributed by atoms with E-state index in [1.165, 1.54) is 12.3 Å². The van der Waals surface area contributed by atoms with Crippen molar-refractivity contribution in [2.45, 2.75) is 25.7 Å². The Morgan fingerprint density at radius 3 is 3.00 bits per heavy atom. The first-order chi connectivity index (χ1) is 9.25. The topological polar surface area (TPSA) is 68.0 Å². The number of rotatable bonds is 2. The maximum absolute atomic E-state index is 11.9. The molecule has 0 fully saturated rings. The minimum absolute atomic E-state index is 0.216. The summed E-state index contributed by atoms with van der Waals surface area (Å²) in [4.78, 5) is 16.2. The zero-order valence-electron chi connectivity index (χ0n) is 10.1. The molecule has 1 amide bonds. The summed E-state index contributed by atoms with van der Waals surface area (Å²) < 4.78 is 4.63. The number of amides is 1. The predicted molar refractivity (Wildman–Crippen MR) is 70.3 cm³/mol. The first-order valence-corrected chi connectivity index (χ1v) is 6.51. The van der Waals surface area contributed by atoms with Crippen molar-refractivity contribution in [1.29, 1.82) is 0 Å². The fourth-order valence-electron chi connectivity index (χ4n) is 2.23. The molecular weight excluding hydrogens is 266 g/mol. The molecule has 1 N–H and O–H groups in total. The van der Waals surface area contributed by atoms with E-state index < -0.39 is 0 Å². The average molecular weight is 278 g/mol. The summed E-state index contributed by atoms with van der Waals surface area (Å²) in [5.74, 6) is -0.354. The summed E-state index contributed by atoms with van der Waals surface area (Å²) >= 11 is 6.33. The Bertz CT molecular complexity index is 611. The zero-order valence-corrected chi connectivity index (χ0v) is 10.9. The first-order valence-electron chi connectivity index (χ1n) is 6.13. The Kier molecular flexibility index (Phi) is 3.21. The van der Waals surface area contributed by atoms with Gasteiger partial charge in [0.2, 0.25) is 0 Å². The number of aryl methyl sites for hydroxylation is 1. The van der Waals surface area contributed by atoms with Crippen LogP contribution in [0.15, 0.2) is 23.0 Å². The number of anilines is 1. The second kappa shape index (κ2) is 5.01. The Morgan fingerprint density at radius 1 is 1.37 bits per heavy atom. The maximum Gasteiger partial charge on any atom is 0.277 e. The van der Waals surface area contributed by atoms with Crippen molar-refractivity contribution in [2.24, 2.45) is 0 Å². The van der Waals surface area contributed by atoms with Crippen molar-refractivity contribution in [2.75, 3.05) is 5.32 Å². The van der Waals surface area contributed by atoms with Gasteiger partial charge in [0.15, 0.2) is 5.69 Å². The van der Waals surface area contributed by atoms with E-state index in [0.717, 1.165) is 36.9 Å². The van der Waals surface area contributed by atoms with Gasteiger partial charge in [0.25, 0.3) is 5.91 Å². The summed E-state index contributed by atoms with van der Waals surface area (Å²) in [6.07, 6.45) is 7.06. The molecule has 0 unspecified atom stereocenters. The molecule has 3 rings (SSSR count). The highest BCUT2D eigenvalue weighted by atomic mass is 35.5. The molecule has 0 atom stereocenters. The Labute approximate surface area is 115 Å². The number of aromatic nitrogens is 2. The number of nitrogens with zero attached hydrogens (tertiary/aromatic N) is 2. The van der Waals surface area contributed by atoms with Crippen molar-refractivity contribution in [3.8, 4) is 0 Å². The van der Waals surface area contributed by atoms with Crippen LogP contribution in [0.1, 0.15) is 34.6 Å². The van der Waals surface area contributed by atoms with Gasteiger partial charge in [0, 0.05) is 11.8 Å². The van der Waals surface area contributed by atoms with Crippen LogP contribution in [-0.4, -0.2) is 16.0 Å². The summed E-state index contributed by atoms with van der Waals surface area (Å²) in [6, 6.07) is 1.50. The first kappa shape index (κ1) is 12.2. The van der Waals surface area contributed by atoms with Gasteiger partial charge in [-0.25, -0.2) is 0 Å². The van der Waals surface area contributed by atoms with Gasteiger partial charge >= 0.3 is 0 Å². The number of fused-ring (bicyclic) bond motifs is 1. The highest BCUT2D eigenvalue weighted by Crippen LogP contribution is 2.32. The highest BCUT2D eigenvalue weighted by Gasteiger charge is 2.18. The molecule has 0 aromatic carbocycles. The van der Waals surface area contributed by atoms with Crippen molar-refractivity contribution in [1.82, 2.24) is 10.1 Å². The summed E-state index contributed by atoms with van der Waals surface area (Å²) in [5.41, 5.74) is 2.82. The van der Waals surface area contributed by atoms with Crippen LogP contribution in [0.2, 0.25) is 5.02 Å². The molecule has 2 aromatic heterocycles. The number of pyridine rings is 1. The average Bonchev–Trinajstić information content (AvgIpc) is 2.96. The summed E-state index contributed by atoms with van der Waals surface area (Å²) in [6.45, 7) is 0. The van der Waals surface area contributed by atoms with Crippen LogP contribution in [0, 0.1) is 0 Å². The van der Waals surface area contributed by atoms with Gasteiger partial charge in [-0.1, -0.05) is 16.8 Å². The third-order valence-electron chi connectivity index (χ3n) is 3.21. The molecule has 19 heavy (non-hydrogen) atoms. The molecule has 0 bridgehead atoms. The third kappa shape index (κ3) is 2.33. The van der Waals surface area contributed by atoms with Crippen molar-refractivity contribution in [3.05, 3.63) is 40.5 Å². The van der Waals surface area contributed by atoms with Crippen LogP contribution < -0.4 is 5.32 Å². The van der Waals surface area contributed by atoms with Crippen molar-refractivity contribution >= 4 is 23.2 Å². The molecule has 6 heteroatoms. The van der Waals surface area contributed by atoms with E-state index in [1.807, 2.05) is 0 Å². The van der Waals surface area contributed by atoms with E-state index >= 15 is 0 Å². The van der Waals surface area contributed by atoms with Gasteiger partial charge in [0.05, 0.1) is 16.9 Å². The highest BCUT2D eigenvalue weighted by molar-refractivity contribution is 6.34. The van der Waals surface area contributed by atoms with E-state index in [9.17, 15) is 4.79 Å². The standard InChI is InChI=1S/C13H12ClN3O2/c14-12-8-3-1-2-4-9(8)15-7-11(12)16-13(18)10-5-6-19-17-10/h5-7H,1-4H2,(H,16,18). The van der Waals surface area contributed by atoms with E-state index in [-0.39, 0.29) is 11.6 Å². The predicted octanol–water partition coefficient (Wildman–Crippen LogP) is 2.85. The van der Waals surface area contributed by atoms with Crippen LogP contribution in [-0.2, 0) is 12.8 Å². The number of hydrogen-bond donors (Lipinski definition) is 1. The van der Waals surface area contributed by atoms with E-state index in [4.69, 9.17) is 11.6 Å². The van der Waals surface area contributed by atoms with Crippen molar-refractivity contribution < 1.29 is 9.32 Å². The molecule has 0 saturated heterocycles. The number of nitrogens with one attached hydrogen (secondary N) is 1. The lowest BCUT2D eigenvalue weighted by molar-refractivity contribution is 0.101. The Hall–Kier alpha value is -1.88. The molecule has 1 aliphatic carbocycles. The quantitative estimate of drug-likeness (QED) is 0.916. The number of hydrogen-bond acceptors (Lipinski definition) is 4. The molecule has 2 heterocycles. The van der Waals surface area contributed by atoms with Gasteiger partial charge in [-0.3, -0.25) is 9.78 Å². The number of carbonyl (C=O) groups is 1. The molecule has 2 aromatic rings. The molecule has 0 radical (unpaired) electrons. The molecule has 0 spiro atoms. The lowest BCUT2D eigenvalue weighted by atomic mass is 9.96. The lowest BCUT2D eigenvalue weighted by Crippen LogP contribution is -2.15. The van der Waals surface area contributed by atoms with E-state index in [2.05, 4.69) is 20.0 Å². The molecule has 98 valence electrons. The van der Waals surface area contributed by atoms with Crippen molar-refractivity contribution in [3.63, 3.8) is 0 Å². The monoisotopic (exact) mass is 277 g/mol. The minimum atomic E-state index is -0.354. The number of carbonyl (C=O) groups excluding carboxylic acids is 1. The normalized spacial score (nSPS) is 13.9. The van der Waals surface area contributed by atoms with Gasteiger partial charge < -0.3 is 9.84 Å². The van der Waals surface area contributed by atoms with Crippen LogP contribution in [0.3, 0.4) is 0 Å². The van der Waals surface area contributed by atoms with Gasteiger partial charge in [-0.05, 0) is 31.2 Å². The van der Waals surface area contributed by atoms with Crippen LogP contribution >= 0.6 is 11.6 Å². The van der Waals surface area contributed by atoms with E-state index in [1.54, 1.807) is 6.20 Å². The van der Waals surface area contributed by atoms with Gasteiger partial charge in [-0.15, -0.1) is 0 Å². The number of halogens is 1. The molecule has 0 saturated carbocycles. The zero-order chi connectivity index (χ0) is 13.2. The van der Waals surface area contributed by atoms with Crippen LogP contribution in [0.25, 0.3) is 0 Å². The molecular formula is C13H12ClN3O2. The Balaban J connectivity index is 1.87. The molecule has 0 aliphatic heterocycles. The Morgan fingerprint density at radius 2 is 2.21 bits per heavy atom. The summed E-state index contributed by atoms with van der Waals surface area (Å²) in [5, 5.41) is 6.87. The van der Waals surface area contributed by atoms with Gasteiger partial charge in [-0.2, -0.15) is 0 Å². The SMILES string of the molecule is O=C(Nc1cnc2c(c1Cl)CCCC2)c1ccon1. The minimum Gasteiger partial charge on any atom is -0.364 e. The fraction of sp³-hybridized carbons (Fsp3) is 0.308. The fourth-order valence-corrected chi connectivity index (χ4v) is 2.53. The molecule has 1 aliphatic rings.